The van der Waals surface area contributed by atoms with Crippen molar-refractivity contribution >= 4 is 49.1 Å². The minimum absolute atomic E-state index is 0.0335. The zero-order valence-corrected chi connectivity index (χ0v) is 14.1. The molecule has 1 N–H and O–H groups in total. The molecule has 7 heteroatoms. The van der Waals surface area contributed by atoms with E-state index in [4.69, 9.17) is 0 Å². The molecule has 0 aliphatic rings. The van der Waals surface area contributed by atoms with Crippen molar-refractivity contribution in [1.82, 2.24) is 0 Å². The molecule has 0 aromatic heterocycles. The fraction of sp³-hybridized carbons (Fsp3) is 0.0714. The third kappa shape index (κ3) is 3.68. The number of anilines is 1. The first-order valence-electron chi connectivity index (χ1n) is 5.90. The Kier molecular flexibility index (Phi) is 4.74. The van der Waals surface area contributed by atoms with Crippen LogP contribution in [0.4, 0.5) is 11.4 Å². The SMILES string of the molecule is Cc1cc([N+](=O)[O-])ccc1C(=O)Nc1ccc(Br)cc1Br. The van der Waals surface area contributed by atoms with Gasteiger partial charge in [-0.3, -0.25) is 14.9 Å². The van der Waals surface area contributed by atoms with E-state index in [9.17, 15) is 14.9 Å². The molecule has 0 aliphatic carbocycles. The molecule has 2 aromatic rings. The number of nitro benzene ring substituents is 1. The molecule has 21 heavy (non-hydrogen) atoms. The van der Waals surface area contributed by atoms with Gasteiger partial charge in [-0.15, -0.1) is 0 Å². The van der Waals surface area contributed by atoms with Gasteiger partial charge in [-0.05, 0) is 52.7 Å². The van der Waals surface area contributed by atoms with Gasteiger partial charge in [0.1, 0.15) is 0 Å². The van der Waals surface area contributed by atoms with Crippen LogP contribution in [0, 0.1) is 17.0 Å². The van der Waals surface area contributed by atoms with E-state index in [0.29, 0.717) is 16.8 Å². The lowest BCUT2D eigenvalue weighted by Crippen LogP contribution is -2.13. The molecule has 0 radical (unpaired) electrons. The van der Waals surface area contributed by atoms with Crippen LogP contribution >= 0.6 is 31.9 Å². The molecule has 0 spiro atoms. The number of hydrogen-bond donors (Lipinski definition) is 1. The highest BCUT2D eigenvalue weighted by molar-refractivity contribution is 9.11. The average molecular weight is 414 g/mol. The summed E-state index contributed by atoms with van der Waals surface area (Å²) in [6.07, 6.45) is 0. The van der Waals surface area contributed by atoms with E-state index in [1.54, 1.807) is 13.0 Å². The number of rotatable bonds is 3. The van der Waals surface area contributed by atoms with Crippen molar-refractivity contribution in [3.8, 4) is 0 Å². The summed E-state index contributed by atoms with van der Waals surface area (Å²) in [6.45, 7) is 1.67. The number of non-ortho nitro benzene ring substituents is 1. The Balaban J connectivity index is 2.26. The Labute approximate surface area is 137 Å². The first-order chi connectivity index (χ1) is 9.88. The Morgan fingerprint density at radius 1 is 1.19 bits per heavy atom. The summed E-state index contributed by atoms with van der Waals surface area (Å²) in [4.78, 5) is 22.4. The second-order valence-corrected chi connectivity index (χ2v) is 6.10. The summed E-state index contributed by atoms with van der Waals surface area (Å²) in [5, 5.41) is 13.5. The Morgan fingerprint density at radius 2 is 1.90 bits per heavy atom. The predicted molar refractivity (Wildman–Crippen MR) is 87.6 cm³/mol. The third-order valence-corrected chi connectivity index (χ3v) is 3.99. The molecule has 1 amide bonds. The van der Waals surface area contributed by atoms with Crippen LogP contribution in [0.1, 0.15) is 15.9 Å². The van der Waals surface area contributed by atoms with E-state index in [0.717, 1.165) is 8.95 Å². The number of aryl methyl sites for hydroxylation is 1. The maximum absolute atomic E-state index is 12.2. The Bertz CT molecular complexity index is 732. The summed E-state index contributed by atoms with van der Waals surface area (Å²) in [7, 11) is 0. The van der Waals surface area contributed by atoms with Crippen molar-refractivity contribution in [3.05, 3.63) is 66.6 Å². The largest absolute Gasteiger partial charge is 0.321 e. The van der Waals surface area contributed by atoms with Gasteiger partial charge < -0.3 is 5.32 Å². The van der Waals surface area contributed by atoms with Crippen LogP contribution in [0.15, 0.2) is 45.3 Å². The normalized spacial score (nSPS) is 10.2. The molecule has 0 saturated heterocycles. The van der Waals surface area contributed by atoms with E-state index in [2.05, 4.69) is 37.2 Å². The minimum atomic E-state index is -0.486. The van der Waals surface area contributed by atoms with Crippen LogP contribution in [0.25, 0.3) is 0 Å². The molecule has 2 aromatic carbocycles. The van der Waals surface area contributed by atoms with E-state index >= 15 is 0 Å². The molecule has 108 valence electrons. The molecule has 2 rings (SSSR count). The number of nitrogens with one attached hydrogen (secondary N) is 1. The van der Waals surface area contributed by atoms with Gasteiger partial charge in [0.05, 0.1) is 10.6 Å². The summed E-state index contributed by atoms with van der Waals surface area (Å²) < 4.78 is 1.63. The van der Waals surface area contributed by atoms with Crippen molar-refractivity contribution in [2.75, 3.05) is 5.32 Å². The molecule has 0 atom stereocenters. The maximum Gasteiger partial charge on any atom is 0.269 e. The standard InChI is InChI=1S/C14H10Br2N2O3/c1-8-6-10(18(20)21)3-4-11(8)14(19)17-13-5-2-9(15)7-12(13)16/h2-7H,1H3,(H,17,19). The number of hydrogen-bond acceptors (Lipinski definition) is 3. The van der Waals surface area contributed by atoms with E-state index < -0.39 is 4.92 Å². The average Bonchev–Trinajstić information content (AvgIpc) is 2.41. The number of benzene rings is 2. The number of carbonyl (C=O) groups excluding carboxylic acids is 1. The van der Waals surface area contributed by atoms with Crippen molar-refractivity contribution in [2.45, 2.75) is 6.92 Å². The quantitative estimate of drug-likeness (QED) is 0.586. The molecule has 0 heterocycles. The van der Waals surface area contributed by atoms with Gasteiger partial charge in [-0.2, -0.15) is 0 Å². The van der Waals surface area contributed by atoms with Crippen LogP contribution in [-0.2, 0) is 0 Å². The highest BCUT2D eigenvalue weighted by Crippen LogP contribution is 2.27. The maximum atomic E-state index is 12.2. The predicted octanol–water partition coefficient (Wildman–Crippen LogP) is 4.68. The molecule has 0 aliphatic heterocycles. The fourth-order valence-corrected chi connectivity index (χ4v) is 2.94. The second kappa shape index (κ2) is 6.36. The number of halogens is 2. The minimum Gasteiger partial charge on any atom is -0.321 e. The van der Waals surface area contributed by atoms with E-state index in [-0.39, 0.29) is 11.6 Å². The van der Waals surface area contributed by atoms with Gasteiger partial charge in [-0.25, -0.2) is 0 Å². The molecule has 0 bridgehead atoms. The zero-order chi connectivity index (χ0) is 15.6. The topological polar surface area (TPSA) is 72.2 Å². The van der Waals surface area contributed by atoms with Crippen molar-refractivity contribution in [3.63, 3.8) is 0 Å². The molecule has 5 nitrogen and oxygen atoms in total. The van der Waals surface area contributed by atoms with Crippen LogP contribution in [0.3, 0.4) is 0 Å². The lowest BCUT2D eigenvalue weighted by molar-refractivity contribution is -0.384. The third-order valence-electron chi connectivity index (χ3n) is 2.84. The lowest BCUT2D eigenvalue weighted by Gasteiger charge is -2.09. The number of carbonyl (C=O) groups is 1. The number of amides is 1. The van der Waals surface area contributed by atoms with E-state index in [1.807, 2.05) is 12.1 Å². The number of nitro groups is 1. The summed E-state index contributed by atoms with van der Waals surface area (Å²) in [5.41, 5.74) is 1.54. The molecular formula is C14H10Br2N2O3. The molecule has 0 saturated carbocycles. The van der Waals surface area contributed by atoms with Gasteiger partial charge in [0.25, 0.3) is 11.6 Å². The Hall–Kier alpha value is -1.73. The van der Waals surface area contributed by atoms with Gasteiger partial charge in [0.2, 0.25) is 0 Å². The fourth-order valence-electron chi connectivity index (χ4n) is 1.80. The zero-order valence-electron chi connectivity index (χ0n) is 10.9. The van der Waals surface area contributed by atoms with E-state index in [1.165, 1.54) is 18.2 Å². The number of nitrogens with zero attached hydrogens (tertiary/aromatic N) is 1. The summed E-state index contributed by atoms with van der Waals surface area (Å²) in [6, 6.07) is 9.54. The lowest BCUT2D eigenvalue weighted by atomic mass is 10.1. The van der Waals surface area contributed by atoms with Crippen LogP contribution in [0.2, 0.25) is 0 Å². The first kappa shape index (κ1) is 15.7. The van der Waals surface area contributed by atoms with Crippen LogP contribution in [-0.4, -0.2) is 10.8 Å². The first-order valence-corrected chi connectivity index (χ1v) is 7.48. The van der Waals surface area contributed by atoms with Crippen molar-refractivity contribution in [1.29, 1.82) is 0 Å². The summed E-state index contributed by atoms with van der Waals surface area (Å²) >= 11 is 6.70. The van der Waals surface area contributed by atoms with Crippen LogP contribution < -0.4 is 5.32 Å². The van der Waals surface area contributed by atoms with Crippen LogP contribution in [0.5, 0.6) is 0 Å². The highest BCUT2D eigenvalue weighted by atomic mass is 79.9. The molecule has 0 unspecified atom stereocenters. The summed E-state index contributed by atoms with van der Waals surface area (Å²) in [5.74, 6) is -0.314. The second-order valence-electron chi connectivity index (χ2n) is 4.33. The van der Waals surface area contributed by atoms with Gasteiger partial charge >= 0.3 is 0 Å². The Morgan fingerprint density at radius 3 is 2.48 bits per heavy atom. The molecule has 0 fully saturated rings. The van der Waals surface area contributed by atoms with Crippen molar-refractivity contribution < 1.29 is 9.72 Å². The monoisotopic (exact) mass is 412 g/mol. The van der Waals surface area contributed by atoms with Gasteiger partial charge in [0, 0.05) is 26.6 Å². The van der Waals surface area contributed by atoms with Gasteiger partial charge in [-0.1, -0.05) is 15.9 Å². The highest BCUT2D eigenvalue weighted by Gasteiger charge is 2.14. The smallest absolute Gasteiger partial charge is 0.269 e. The van der Waals surface area contributed by atoms with Crippen molar-refractivity contribution in [2.24, 2.45) is 0 Å². The molecular weight excluding hydrogens is 404 g/mol. The van der Waals surface area contributed by atoms with Gasteiger partial charge in [0.15, 0.2) is 0 Å².